The van der Waals surface area contributed by atoms with Crippen molar-refractivity contribution in [2.75, 3.05) is 12.3 Å². The van der Waals surface area contributed by atoms with Gasteiger partial charge in [0.15, 0.2) is 6.61 Å². The fourth-order valence-electron chi connectivity index (χ4n) is 2.61. The number of ether oxygens (including phenoxy) is 1. The van der Waals surface area contributed by atoms with E-state index in [1.54, 1.807) is 24.3 Å². The Kier molecular flexibility index (Phi) is 5.71. The van der Waals surface area contributed by atoms with E-state index in [9.17, 15) is 19.2 Å². The Morgan fingerprint density at radius 1 is 1.07 bits per heavy atom. The average molecular weight is 434 g/mol. The second-order valence-corrected chi connectivity index (χ2v) is 7.66. The van der Waals surface area contributed by atoms with Crippen molar-refractivity contribution in [2.24, 2.45) is 14.1 Å². The molecule has 0 unspecified atom stereocenters. The lowest BCUT2D eigenvalue weighted by molar-refractivity contribution is 0.0479. The molecule has 3 rings (SSSR count). The van der Waals surface area contributed by atoms with Crippen molar-refractivity contribution in [2.45, 2.75) is 0 Å². The number of rotatable bonds is 5. The number of hydrogen-bond acceptors (Lipinski definition) is 7. The summed E-state index contributed by atoms with van der Waals surface area (Å²) in [5.74, 6) is -1.77. The summed E-state index contributed by atoms with van der Waals surface area (Å²) < 4.78 is 6.79. The molecule has 10 heteroatoms. The van der Waals surface area contributed by atoms with E-state index in [-0.39, 0.29) is 5.82 Å². The van der Waals surface area contributed by atoms with Crippen LogP contribution in [0.15, 0.2) is 46.0 Å². The molecule has 0 atom stereocenters. The quantitative estimate of drug-likeness (QED) is 0.487. The molecule has 0 aliphatic rings. The first kappa shape index (κ1) is 20.6. The molecule has 3 aromatic rings. The Bertz CT molecular complexity index is 1220. The maximum absolute atomic E-state index is 12.4. The van der Waals surface area contributed by atoms with Crippen LogP contribution in [-0.4, -0.2) is 27.5 Å². The summed E-state index contributed by atoms with van der Waals surface area (Å²) in [6.45, 7) is -0.676. The molecule has 2 N–H and O–H groups in total. The van der Waals surface area contributed by atoms with Gasteiger partial charge in [-0.1, -0.05) is 23.7 Å². The van der Waals surface area contributed by atoms with Crippen LogP contribution in [0.5, 0.6) is 0 Å². The van der Waals surface area contributed by atoms with Gasteiger partial charge >= 0.3 is 11.7 Å². The number of nitrogen functional groups attached to an aromatic ring is 1. The van der Waals surface area contributed by atoms with Gasteiger partial charge in [0.1, 0.15) is 16.3 Å². The zero-order valence-electron chi connectivity index (χ0n) is 15.5. The van der Waals surface area contributed by atoms with Crippen LogP contribution < -0.4 is 17.0 Å². The van der Waals surface area contributed by atoms with Gasteiger partial charge < -0.3 is 10.5 Å². The van der Waals surface area contributed by atoms with Crippen molar-refractivity contribution in [3.8, 4) is 10.4 Å². The van der Waals surface area contributed by atoms with Gasteiger partial charge in [0.25, 0.3) is 5.56 Å². The highest BCUT2D eigenvalue weighted by atomic mass is 35.5. The van der Waals surface area contributed by atoms with Gasteiger partial charge in [-0.05, 0) is 29.8 Å². The molecule has 8 nitrogen and oxygen atoms in total. The van der Waals surface area contributed by atoms with Crippen molar-refractivity contribution in [1.29, 1.82) is 0 Å². The molecule has 0 radical (unpaired) electrons. The molecule has 0 saturated heterocycles. The van der Waals surface area contributed by atoms with E-state index in [1.807, 2.05) is 12.1 Å². The minimum absolute atomic E-state index is 0.278. The summed E-state index contributed by atoms with van der Waals surface area (Å²) in [7, 11) is 2.57. The smallest absolute Gasteiger partial charge is 0.348 e. The Hall–Kier alpha value is -3.17. The van der Waals surface area contributed by atoms with Crippen LogP contribution in [0.25, 0.3) is 10.4 Å². The van der Waals surface area contributed by atoms with Crippen molar-refractivity contribution >= 4 is 40.5 Å². The lowest BCUT2D eigenvalue weighted by Gasteiger charge is -2.10. The number of esters is 1. The third-order valence-electron chi connectivity index (χ3n) is 4.26. The maximum Gasteiger partial charge on any atom is 0.348 e. The number of thiophene rings is 1. The molecule has 150 valence electrons. The van der Waals surface area contributed by atoms with Crippen LogP contribution in [0, 0.1) is 0 Å². The van der Waals surface area contributed by atoms with E-state index in [0.29, 0.717) is 9.90 Å². The molecule has 0 saturated carbocycles. The SMILES string of the molecule is Cn1c(N)c(C(=O)COC(=O)c2ccc(-c3ccc(Cl)cc3)s2)c(=O)n(C)c1=O. The number of nitrogens with zero attached hydrogens (tertiary/aromatic N) is 2. The van der Waals surface area contributed by atoms with Crippen LogP contribution in [-0.2, 0) is 18.8 Å². The van der Waals surface area contributed by atoms with Gasteiger partial charge in [0.2, 0.25) is 5.78 Å². The largest absolute Gasteiger partial charge is 0.453 e. The van der Waals surface area contributed by atoms with Crippen molar-refractivity contribution in [1.82, 2.24) is 9.13 Å². The zero-order valence-corrected chi connectivity index (χ0v) is 17.0. The number of ketones is 1. The minimum Gasteiger partial charge on any atom is -0.453 e. The number of Topliss-reactive ketones (excluding diaryl/α,β-unsaturated/α-hetero) is 1. The number of hydrogen-bond donors (Lipinski definition) is 1. The number of anilines is 1. The second kappa shape index (κ2) is 8.06. The Morgan fingerprint density at radius 3 is 2.38 bits per heavy atom. The van der Waals surface area contributed by atoms with Gasteiger partial charge in [0.05, 0.1) is 0 Å². The molecule has 0 fully saturated rings. The number of aromatic nitrogens is 2. The first-order valence-electron chi connectivity index (χ1n) is 8.32. The van der Waals surface area contributed by atoms with Crippen molar-refractivity contribution in [3.05, 3.63) is 72.7 Å². The summed E-state index contributed by atoms with van der Waals surface area (Å²) in [5, 5.41) is 0.604. The van der Waals surface area contributed by atoms with E-state index in [4.69, 9.17) is 22.1 Å². The van der Waals surface area contributed by atoms with E-state index in [1.165, 1.54) is 25.4 Å². The highest BCUT2D eigenvalue weighted by Crippen LogP contribution is 2.29. The molecule has 0 bridgehead atoms. The number of nitrogens with two attached hydrogens (primary N) is 1. The summed E-state index contributed by atoms with van der Waals surface area (Å²) >= 11 is 7.07. The molecular formula is C19H16ClN3O5S. The molecule has 29 heavy (non-hydrogen) atoms. The zero-order chi connectivity index (χ0) is 21.3. The Labute approximate surface area is 173 Å². The predicted octanol–water partition coefficient (Wildman–Crippen LogP) is 2.09. The van der Waals surface area contributed by atoms with Crippen molar-refractivity contribution < 1.29 is 14.3 Å². The van der Waals surface area contributed by atoms with E-state index < -0.39 is 35.2 Å². The molecule has 0 aliphatic heterocycles. The lowest BCUT2D eigenvalue weighted by Crippen LogP contribution is -2.42. The lowest BCUT2D eigenvalue weighted by atomic mass is 10.2. The summed E-state index contributed by atoms with van der Waals surface area (Å²) in [6.07, 6.45) is 0. The van der Waals surface area contributed by atoms with E-state index in [2.05, 4.69) is 0 Å². The maximum atomic E-state index is 12.4. The first-order valence-corrected chi connectivity index (χ1v) is 9.51. The first-order chi connectivity index (χ1) is 13.7. The van der Waals surface area contributed by atoms with Crippen LogP contribution in [0.1, 0.15) is 20.0 Å². The molecule has 1 aromatic carbocycles. The summed E-state index contributed by atoms with van der Waals surface area (Å²) in [6, 6.07) is 10.5. The van der Waals surface area contributed by atoms with Crippen LogP contribution in [0.3, 0.4) is 0 Å². The number of carbonyl (C=O) groups is 2. The van der Waals surface area contributed by atoms with Gasteiger partial charge in [-0.15, -0.1) is 11.3 Å². The second-order valence-electron chi connectivity index (χ2n) is 6.14. The van der Waals surface area contributed by atoms with Gasteiger partial charge in [-0.2, -0.15) is 0 Å². The normalized spacial score (nSPS) is 10.7. The van der Waals surface area contributed by atoms with Crippen molar-refractivity contribution in [3.63, 3.8) is 0 Å². The summed E-state index contributed by atoms with van der Waals surface area (Å²) in [5.41, 5.74) is 4.72. The van der Waals surface area contributed by atoms with Gasteiger partial charge in [0, 0.05) is 24.0 Å². The van der Waals surface area contributed by atoms with Gasteiger partial charge in [-0.3, -0.25) is 18.7 Å². The monoisotopic (exact) mass is 433 g/mol. The molecule has 0 amide bonds. The molecular weight excluding hydrogens is 418 g/mol. The summed E-state index contributed by atoms with van der Waals surface area (Å²) in [4.78, 5) is 49.8. The van der Waals surface area contributed by atoms with E-state index >= 15 is 0 Å². The topological polar surface area (TPSA) is 113 Å². The fraction of sp³-hybridized carbons (Fsp3) is 0.158. The Morgan fingerprint density at radius 2 is 1.72 bits per heavy atom. The number of benzene rings is 1. The number of halogens is 1. The van der Waals surface area contributed by atoms with Crippen LogP contribution in [0.2, 0.25) is 5.02 Å². The third kappa shape index (κ3) is 4.01. The van der Waals surface area contributed by atoms with E-state index in [0.717, 1.165) is 19.6 Å². The molecule has 0 aliphatic carbocycles. The van der Waals surface area contributed by atoms with Crippen LogP contribution in [0.4, 0.5) is 5.82 Å². The fourth-order valence-corrected chi connectivity index (χ4v) is 3.64. The van der Waals surface area contributed by atoms with Crippen LogP contribution >= 0.6 is 22.9 Å². The standard InChI is InChI=1S/C19H16ClN3O5S/c1-22-16(21)15(17(25)23(2)19(22)27)12(24)9-28-18(26)14-8-7-13(29-14)10-3-5-11(20)6-4-10/h3-8H,9,21H2,1-2H3. The molecule has 0 spiro atoms. The molecule has 2 aromatic heterocycles. The van der Waals surface area contributed by atoms with Gasteiger partial charge in [-0.25, -0.2) is 9.59 Å². The number of carbonyl (C=O) groups excluding carboxylic acids is 2. The molecule has 2 heterocycles. The highest BCUT2D eigenvalue weighted by Gasteiger charge is 2.22. The Balaban J connectivity index is 1.75. The predicted molar refractivity (Wildman–Crippen MR) is 111 cm³/mol. The average Bonchev–Trinajstić information content (AvgIpc) is 3.20. The third-order valence-corrected chi connectivity index (χ3v) is 5.63. The highest BCUT2D eigenvalue weighted by molar-refractivity contribution is 7.17. The minimum atomic E-state index is -0.840.